The lowest BCUT2D eigenvalue weighted by atomic mass is 10.0. The summed E-state index contributed by atoms with van der Waals surface area (Å²) in [7, 11) is 0. The van der Waals surface area contributed by atoms with Crippen LogP contribution in [0.2, 0.25) is 0 Å². The molecular weight excluding hydrogens is 362 g/mol. The lowest BCUT2D eigenvalue weighted by molar-refractivity contribution is -0.114. The Balaban J connectivity index is 1.68. The van der Waals surface area contributed by atoms with Gasteiger partial charge in [0.15, 0.2) is 5.13 Å². The number of carbonyl (C=O) groups excluding carboxylic acids is 2. The highest BCUT2D eigenvalue weighted by Crippen LogP contribution is 2.29. The molecule has 3 rings (SSSR count). The van der Waals surface area contributed by atoms with Crippen molar-refractivity contribution in [1.29, 1.82) is 0 Å². The molecular formula is C19H25N5O2S. The molecule has 1 fully saturated rings. The second-order valence-electron chi connectivity index (χ2n) is 6.83. The van der Waals surface area contributed by atoms with Crippen molar-refractivity contribution < 1.29 is 9.59 Å². The first-order valence-electron chi connectivity index (χ1n) is 9.10. The minimum Gasteiger partial charge on any atom is -0.376 e. The van der Waals surface area contributed by atoms with Crippen molar-refractivity contribution in [3.63, 3.8) is 0 Å². The van der Waals surface area contributed by atoms with E-state index in [0.29, 0.717) is 22.4 Å². The first kappa shape index (κ1) is 19.2. The average Bonchev–Trinajstić information content (AvgIpc) is 3.05. The normalized spacial score (nSPS) is 16.8. The fourth-order valence-corrected chi connectivity index (χ4v) is 4.01. The van der Waals surface area contributed by atoms with E-state index in [1.54, 1.807) is 6.07 Å². The minimum absolute atomic E-state index is 0.0797. The molecule has 1 aromatic heterocycles. The maximum Gasteiger partial charge on any atom is 0.250 e. The van der Waals surface area contributed by atoms with E-state index in [1.807, 2.05) is 24.4 Å². The summed E-state index contributed by atoms with van der Waals surface area (Å²) < 4.78 is 0. The molecule has 0 saturated carbocycles. The van der Waals surface area contributed by atoms with Crippen LogP contribution in [0.3, 0.4) is 0 Å². The zero-order valence-corrected chi connectivity index (χ0v) is 16.4. The molecule has 2 aromatic rings. The number of nitrogens with two attached hydrogens (primary N) is 1. The number of rotatable bonds is 6. The van der Waals surface area contributed by atoms with E-state index in [1.165, 1.54) is 17.8 Å². The fraction of sp³-hybridized carbons (Fsp3) is 0.421. The summed E-state index contributed by atoms with van der Waals surface area (Å²) >= 11 is 1.39. The second kappa shape index (κ2) is 8.39. The number of thiazole rings is 1. The summed E-state index contributed by atoms with van der Waals surface area (Å²) in [5.41, 5.74) is 8.51. The van der Waals surface area contributed by atoms with Gasteiger partial charge in [0.2, 0.25) is 5.91 Å². The number of hydrogen-bond donors (Lipinski definition) is 3. The maximum atomic E-state index is 12.1. The maximum absolute atomic E-state index is 12.1. The van der Waals surface area contributed by atoms with Crippen LogP contribution in [-0.4, -0.2) is 35.9 Å². The van der Waals surface area contributed by atoms with Gasteiger partial charge in [0.25, 0.3) is 5.91 Å². The zero-order valence-electron chi connectivity index (χ0n) is 15.6. The summed E-state index contributed by atoms with van der Waals surface area (Å²) in [6, 6.07) is 5.89. The Kier molecular flexibility index (Phi) is 5.95. The van der Waals surface area contributed by atoms with Crippen molar-refractivity contribution >= 4 is 39.7 Å². The van der Waals surface area contributed by atoms with Crippen molar-refractivity contribution in [2.45, 2.75) is 39.2 Å². The van der Waals surface area contributed by atoms with E-state index in [2.05, 4.69) is 27.4 Å². The molecule has 2 amide bonds. The Bertz CT molecular complexity index is 835. The molecule has 1 unspecified atom stereocenters. The Morgan fingerprint density at radius 2 is 2.19 bits per heavy atom. The van der Waals surface area contributed by atoms with Gasteiger partial charge < -0.3 is 21.3 Å². The van der Waals surface area contributed by atoms with E-state index in [9.17, 15) is 9.59 Å². The monoisotopic (exact) mass is 387 g/mol. The number of piperidine rings is 1. The summed E-state index contributed by atoms with van der Waals surface area (Å²) in [5.74, 6) is -0.659. The van der Waals surface area contributed by atoms with E-state index in [0.717, 1.165) is 30.8 Å². The molecule has 1 saturated heterocycles. The van der Waals surface area contributed by atoms with Crippen LogP contribution in [0.4, 0.5) is 16.5 Å². The lowest BCUT2D eigenvalue weighted by Crippen LogP contribution is -2.38. The average molecular weight is 388 g/mol. The van der Waals surface area contributed by atoms with Crippen LogP contribution >= 0.6 is 11.3 Å². The largest absolute Gasteiger partial charge is 0.376 e. The molecule has 144 valence electrons. The number of benzene rings is 1. The smallest absolute Gasteiger partial charge is 0.250 e. The number of amides is 2. The summed E-state index contributed by atoms with van der Waals surface area (Å²) in [5, 5.41) is 8.24. The number of aryl methyl sites for hydroxylation is 1. The van der Waals surface area contributed by atoms with Gasteiger partial charge in [-0.1, -0.05) is 0 Å². The van der Waals surface area contributed by atoms with Crippen molar-refractivity contribution in [3.8, 4) is 0 Å². The molecule has 1 atom stereocenters. The van der Waals surface area contributed by atoms with Crippen LogP contribution in [0.5, 0.6) is 0 Å². The van der Waals surface area contributed by atoms with Gasteiger partial charge in [0.05, 0.1) is 17.8 Å². The number of aromatic nitrogens is 1. The SMILES string of the molecule is Cc1csc(NC(=O)CNc2ccc(N3CCCCC3C)c(C(N)=O)c2)n1. The van der Waals surface area contributed by atoms with Crippen LogP contribution in [0.1, 0.15) is 42.2 Å². The van der Waals surface area contributed by atoms with Crippen molar-refractivity contribution in [2.24, 2.45) is 5.73 Å². The number of nitrogens with zero attached hydrogens (tertiary/aromatic N) is 2. The van der Waals surface area contributed by atoms with E-state index < -0.39 is 5.91 Å². The van der Waals surface area contributed by atoms with Gasteiger partial charge in [-0.15, -0.1) is 11.3 Å². The Morgan fingerprint density at radius 3 is 2.85 bits per heavy atom. The van der Waals surface area contributed by atoms with Crippen molar-refractivity contribution in [1.82, 2.24) is 4.98 Å². The van der Waals surface area contributed by atoms with Gasteiger partial charge >= 0.3 is 0 Å². The van der Waals surface area contributed by atoms with Crippen molar-refractivity contribution in [2.75, 3.05) is 28.6 Å². The molecule has 0 bridgehead atoms. The highest BCUT2D eigenvalue weighted by atomic mass is 32.1. The third-order valence-corrected chi connectivity index (χ3v) is 5.57. The third-order valence-electron chi connectivity index (χ3n) is 4.69. The fourth-order valence-electron chi connectivity index (χ4n) is 3.31. The topological polar surface area (TPSA) is 100 Å². The summed E-state index contributed by atoms with van der Waals surface area (Å²) in [6.07, 6.45) is 3.42. The van der Waals surface area contributed by atoms with Crippen LogP contribution in [-0.2, 0) is 4.79 Å². The number of anilines is 3. The van der Waals surface area contributed by atoms with E-state index >= 15 is 0 Å². The summed E-state index contributed by atoms with van der Waals surface area (Å²) in [6.45, 7) is 5.04. The molecule has 2 heterocycles. The Hall–Kier alpha value is -2.61. The van der Waals surface area contributed by atoms with Crippen LogP contribution in [0.25, 0.3) is 0 Å². The highest BCUT2D eigenvalue weighted by Gasteiger charge is 2.22. The van der Waals surface area contributed by atoms with E-state index in [-0.39, 0.29) is 12.5 Å². The quantitative estimate of drug-likeness (QED) is 0.707. The second-order valence-corrected chi connectivity index (χ2v) is 7.69. The van der Waals surface area contributed by atoms with Gasteiger partial charge in [0.1, 0.15) is 0 Å². The van der Waals surface area contributed by atoms with Crippen LogP contribution in [0, 0.1) is 6.92 Å². The van der Waals surface area contributed by atoms with Gasteiger partial charge in [-0.25, -0.2) is 4.98 Å². The highest BCUT2D eigenvalue weighted by molar-refractivity contribution is 7.13. The number of primary amides is 1. The van der Waals surface area contributed by atoms with Gasteiger partial charge in [-0.3, -0.25) is 9.59 Å². The third kappa shape index (κ3) is 4.77. The molecule has 7 nitrogen and oxygen atoms in total. The first-order valence-corrected chi connectivity index (χ1v) is 9.98. The van der Waals surface area contributed by atoms with Gasteiger partial charge in [-0.2, -0.15) is 0 Å². The number of hydrogen-bond acceptors (Lipinski definition) is 6. The van der Waals surface area contributed by atoms with Gasteiger partial charge in [0, 0.05) is 29.3 Å². The predicted molar refractivity (Wildman–Crippen MR) is 110 cm³/mol. The number of nitrogens with one attached hydrogen (secondary N) is 2. The zero-order chi connectivity index (χ0) is 19.4. The molecule has 1 aliphatic heterocycles. The molecule has 0 radical (unpaired) electrons. The molecule has 8 heteroatoms. The summed E-state index contributed by atoms with van der Waals surface area (Å²) in [4.78, 5) is 30.5. The van der Waals surface area contributed by atoms with Crippen LogP contribution < -0.4 is 21.3 Å². The predicted octanol–water partition coefficient (Wildman–Crippen LogP) is 2.98. The molecule has 1 aromatic carbocycles. The molecule has 0 spiro atoms. The molecule has 0 aliphatic carbocycles. The Labute approximate surface area is 163 Å². The minimum atomic E-state index is -0.464. The number of carbonyl (C=O) groups is 2. The van der Waals surface area contributed by atoms with Gasteiger partial charge in [-0.05, 0) is 51.3 Å². The van der Waals surface area contributed by atoms with Crippen molar-refractivity contribution in [3.05, 3.63) is 34.8 Å². The van der Waals surface area contributed by atoms with E-state index in [4.69, 9.17) is 5.73 Å². The molecule has 27 heavy (non-hydrogen) atoms. The van der Waals surface area contributed by atoms with Crippen LogP contribution in [0.15, 0.2) is 23.6 Å². The first-order chi connectivity index (χ1) is 12.9. The molecule has 1 aliphatic rings. The lowest BCUT2D eigenvalue weighted by Gasteiger charge is -2.36. The molecule has 4 N–H and O–H groups in total. The standard InChI is InChI=1S/C19H25N5O2S/c1-12-11-27-19(22-12)23-17(25)10-21-14-6-7-16(15(9-14)18(20)26)24-8-4-3-5-13(24)2/h6-7,9,11,13,21H,3-5,8,10H2,1-2H3,(H2,20,26)(H,22,23,25). The Morgan fingerprint density at radius 1 is 1.37 bits per heavy atom.